The molecule has 3 aromatic rings. The lowest BCUT2D eigenvalue weighted by Crippen LogP contribution is -2.35. The Bertz CT molecular complexity index is 1670. The number of Topliss-reactive ketones (excluding diaryl/α,β-unsaturated/α-hetero) is 1. The van der Waals surface area contributed by atoms with E-state index in [0.29, 0.717) is 41.1 Å². The zero-order chi connectivity index (χ0) is 35.2. The molecule has 5 rings (SSSR count). The van der Waals surface area contributed by atoms with Crippen LogP contribution in [0.25, 0.3) is 11.1 Å². The van der Waals surface area contributed by atoms with Gasteiger partial charge in [0.1, 0.15) is 5.82 Å². The third-order valence-corrected chi connectivity index (χ3v) is 10.0. The van der Waals surface area contributed by atoms with Gasteiger partial charge in [-0.3, -0.25) is 14.6 Å². The largest absolute Gasteiger partial charge is 0.466 e. The van der Waals surface area contributed by atoms with E-state index in [1.54, 1.807) is 26.1 Å². The van der Waals surface area contributed by atoms with Gasteiger partial charge in [0, 0.05) is 17.2 Å². The van der Waals surface area contributed by atoms with Crippen LogP contribution in [0.5, 0.6) is 0 Å². The summed E-state index contributed by atoms with van der Waals surface area (Å²) < 4.78 is 100. The first kappa shape index (κ1) is 35.3. The highest BCUT2D eigenvalue weighted by molar-refractivity contribution is 5.93. The van der Waals surface area contributed by atoms with E-state index in [0.717, 1.165) is 37.8 Å². The van der Waals surface area contributed by atoms with Gasteiger partial charge in [-0.2, -0.15) is 26.3 Å². The molecule has 0 saturated heterocycles. The number of nitrogens with one attached hydrogen (secondary N) is 1. The molecular weight excluding hydrogens is 641 g/mol. The molecule has 1 spiro atoms. The molecule has 2 saturated carbocycles. The number of aromatic nitrogens is 1. The summed E-state index contributed by atoms with van der Waals surface area (Å²) in [5.74, 6) is -1.22. The second-order valence-electron chi connectivity index (χ2n) is 13.5. The summed E-state index contributed by atoms with van der Waals surface area (Å²) in [4.78, 5) is 30.5. The number of ketones is 1. The Labute approximate surface area is 274 Å². The number of aryl methyl sites for hydroxylation is 1. The number of alkyl halides is 6. The van der Waals surface area contributed by atoms with Crippen molar-refractivity contribution >= 4 is 17.4 Å². The Balaban J connectivity index is 1.39. The van der Waals surface area contributed by atoms with Crippen LogP contribution in [0.2, 0.25) is 0 Å². The molecule has 12 heteroatoms. The van der Waals surface area contributed by atoms with Crippen molar-refractivity contribution in [1.82, 2.24) is 4.98 Å². The van der Waals surface area contributed by atoms with Gasteiger partial charge in [0.25, 0.3) is 0 Å². The summed E-state index contributed by atoms with van der Waals surface area (Å²) in [7, 11) is 0. The molecule has 5 nitrogen and oxygen atoms in total. The Morgan fingerprint density at radius 2 is 1.52 bits per heavy atom. The Hall–Kier alpha value is -3.96. The average molecular weight is 679 g/mol. The van der Waals surface area contributed by atoms with Gasteiger partial charge in [0.15, 0.2) is 5.78 Å². The van der Waals surface area contributed by atoms with Gasteiger partial charge in [-0.25, -0.2) is 4.39 Å². The standard InChI is InChI=1S/C36H37F7N2O3/c1-5-48-32(47)28-17-34(28)10-8-21(9-11-34)29-16-27(26-7-6-25(37)12-20(26)2)30(18-44-29)45-19-31(46)33(3,4)22-13-23(35(38,39)40)15-24(14-22)36(41,42)43/h6-7,12-16,18,21,28,45H,5,8-11,17,19H2,1-4H3. The first-order valence-corrected chi connectivity index (χ1v) is 15.9. The van der Waals surface area contributed by atoms with Crippen molar-refractivity contribution in [3.8, 4) is 11.1 Å². The second kappa shape index (κ2) is 12.8. The van der Waals surface area contributed by atoms with Crippen molar-refractivity contribution in [2.24, 2.45) is 11.3 Å². The van der Waals surface area contributed by atoms with Crippen LogP contribution in [-0.4, -0.2) is 29.9 Å². The van der Waals surface area contributed by atoms with E-state index in [4.69, 9.17) is 4.74 Å². The molecule has 2 aliphatic rings. The fraction of sp³-hybridized carbons (Fsp3) is 0.472. The van der Waals surface area contributed by atoms with Crippen molar-refractivity contribution in [2.45, 2.75) is 83.5 Å². The number of carbonyl (C=O) groups excluding carboxylic acids is 2. The molecule has 1 N–H and O–H groups in total. The van der Waals surface area contributed by atoms with Crippen LogP contribution in [0.15, 0.2) is 48.7 Å². The summed E-state index contributed by atoms with van der Waals surface area (Å²) >= 11 is 0. The monoisotopic (exact) mass is 678 g/mol. The number of hydrogen-bond donors (Lipinski definition) is 1. The number of rotatable bonds is 9. The van der Waals surface area contributed by atoms with Crippen LogP contribution < -0.4 is 5.32 Å². The molecule has 0 bridgehead atoms. The minimum Gasteiger partial charge on any atom is -0.466 e. The Kier molecular flexibility index (Phi) is 9.44. The number of hydrogen-bond acceptors (Lipinski definition) is 5. The first-order valence-electron chi connectivity index (χ1n) is 15.9. The van der Waals surface area contributed by atoms with Gasteiger partial charge in [0.2, 0.25) is 0 Å². The van der Waals surface area contributed by atoms with Crippen LogP contribution in [0.4, 0.5) is 36.4 Å². The second-order valence-corrected chi connectivity index (χ2v) is 13.5. The summed E-state index contributed by atoms with van der Waals surface area (Å²) in [5.41, 5.74) is -2.09. The van der Waals surface area contributed by atoms with E-state index < -0.39 is 52.6 Å². The fourth-order valence-corrected chi connectivity index (χ4v) is 6.83. The normalized spacial score (nSPS) is 21.2. The van der Waals surface area contributed by atoms with Crippen LogP contribution in [-0.2, 0) is 32.1 Å². The van der Waals surface area contributed by atoms with Crippen molar-refractivity contribution in [3.05, 3.63) is 82.4 Å². The number of anilines is 1. The van der Waals surface area contributed by atoms with Crippen LogP contribution in [0.3, 0.4) is 0 Å². The van der Waals surface area contributed by atoms with Crippen LogP contribution in [0, 0.1) is 24.1 Å². The highest BCUT2D eigenvalue weighted by Gasteiger charge is 2.59. The topological polar surface area (TPSA) is 68.3 Å². The third-order valence-electron chi connectivity index (χ3n) is 10.0. The highest BCUT2D eigenvalue weighted by Crippen LogP contribution is 2.63. The molecule has 48 heavy (non-hydrogen) atoms. The number of pyridine rings is 1. The molecule has 2 fully saturated rings. The number of ether oxygens (including phenoxy) is 1. The molecule has 258 valence electrons. The van der Waals surface area contributed by atoms with E-state index >= 15 is 0 Å². The van der Waals surface area contributed by atoms with Crippen molar-refractivity contribution in [3.63, 3.8) is 0 Å². The van der Waals surface area contributed by atoms with E-state index in [9.17, 15) is 40.3 Å². The highest BCUT2D eigenvalue weighted by atomic mass is 19.4. The van der Waals surface area contributed by atoms with Crippen molar-refractivity contribution < 1.29 is 45.1 Å². The van der Waals surface area contributed by atoms with Gasteiger partial charge in [-0.05, 0) is 118 Å². The zero-order valence-electron chi connectivity index (χ0n) is 27.0. The van der Waals surface area contributed by atoms with E-state index in [1.807, 2.05) is 6.07 Å². The van der Waals surface area contributed by atoms with Gasteiger partial charge < -0.3 is 10.1 Å². The maximum Gasteiger partial charge on any atom is 0.416 e. The van der Waals surface area contributed by atoms with Crippen molar-refractivity contribution in [1.29, 1.82) is 0 Å². The predicted molar refractivity (Wildman–Crippen MR) is 166 cm³/mol. The van der Waals surface area contributed by atoms with Gasteiger partial charge in [0.05, 0.1) is 47.5 Å². The lowest BCUT2D eigenvalue weighted by atomic mass is 9.76. The molecule has 0 aliphatic heterocycles. The Morgan fingerprint density at radius 1 is 0.917 bits per heavy atom. The van der Waals surface area contributed by atoms with Gasteiger partial charge >= 0.3 is 18.3 Å². The third kappa shape index (κ3) is 7.22. The summed E-state index contributed by atoms with van der Waals surface area (Å²) in [6.07, 6.45) is -4.43. The van der Waals surface area contributed by atoms with E-state index in [1.165, 1.54) is 26.0 Å². The first-order chi connectivity index (χ1) is 22.4. The van der Waals surface area contributed by atoms with E-state index in [-0.39, 0.29) is 29.3 Å². The number of halogens is 7. The molecule has 0 amide bonds. The SMILES string of the molecule is CCOC(=O)C1CC12CCC(c1cc(-c3ccc(F)cc3C)c(NCC(=O)C(C)(C)c3cc(C(F)(F)F)cc(C(F)(F)F)c3)cn1)CC2. The summed E-state index contributed by atoms with van der Waals surface area (Å²) in [5, 5.41) is 3.00. The minimum atomic E-state index is -5.05. The Morgan fingerprint density at radius 3 is 2.08 bits per heavy atom. The molecule has 0 radical (unpaired) electrons. The predicted octanol–water partition coefficient (Wildman–Crippen LogP) is 9.42. The fourth-order valence-electron chi connectivity index (χ4n) is 6.83. The van der Waals surface area contributed by atoms with E-state index in [2.05, 4.69) is 10.3 Å². The lowest BCUT2D eigenvalue weighted by molar-refractivity contribution is -0.146. The molecular formula is C36H37F7N2O3. The van der Waals surface area contributed by atoms with Gasteiger partial charge in [-0.15, -0.1) is 0 Å². The number of benzene rings is 2. The molecule has 1 unspecified atom stereocenters. The maximum absolute atomic E-state index is 14.1. The molecule has 2 aliphatic carbocycles. The van der Waals surface area contributed by atoms with Crippen molar-refractivity contribution in [2.75, 3.05) is 18.5 Å². The summed E-state index contributed by atoms with van der Waals surface area (Å²) in [6.45, 7) is 5.99. The molecule has 1 aromatic heterocycles. The molecule has 1 atom stereocenters. The zero-order valence-corrected chi connectivity index (χ0v) is 27.0. The maximum atomic E-state index is 14.1. The van der Waals surface area contributed by atoms with Crippen LogP contribution in [0.1, 0.15) is 86.7 Å². The minimum absolute atomic E-state index is 0.0301. The average Bonchev–Trinajstić information content (AvgIpc) is 3.72. The lowest BCUT2D eigenvalue weighted by Gasteiger charge is -2.29. The number of nitrogens with zero attached hydrogens (tertiary/aromatic N) is 1. The number of carbonyl (C=O) groups is 2. The molecule has 1 heterocycles. The summed E-state index contributed by atoms with van der Waals surface area (Å²) in [6, 6.07) is 7.32. The van der Waals surface area contributed by atoms with Crippen LogP contribution >= 0.6 is 0 Å². The smallest absolute Gasteiger partial charge is 0.416 e. The molecule has 2 aromatic carbocycles. The quantitative estimate of drug-likeness (QED) is 0.181. The number of esters is 1. The van der Waals surface area contributed by atoms with Gasteiger partial charge in [-0.1, -0.05) is 6.07 Å².